The van der Waals surface area contributed by atoms with Crippen molar-refractivity contribution in [3.8, 4) is 28.7 Å². The van der Waals surface area contributed by atoms with E-state index in [2.05, 4.69) is 4.98 Å². The minimum Gasteiger partial charge on any atom is -0.496 e. The van der Waals surface area contributed by atoms with Crippen molar-refractivity contribution in [2.75, 3.05) is 20.8 Å². The molecule has 0 amide bonds. The number of halogens is 1. The van der Waals surface area contributed by atoms with Gasteiger partial charge >= 0.3 is 0 Å². The van der Waals surface area contributed by atoms with Gasteiger partial charge in [-0.3, -0.25) is 4.79 Å². The summed E-state index contributed by atoms with van der Waals surface area (Å²) in [4.78, 5) is 17.0. The fourth-order valence-electron chi connectivity index (χ4n) is 3.24. The maximum absolute atomic E-state index is 13.3. The van der Waals surface area contributed by atoms with Crippen molar-refractivity contribution in [2.24, 2.45) is 5.92 Å². The molecule has 0 N–H and O–H groups in total. The van der Waals surface area contributed by atoms with Gasteiger partial charge in [0.25, 0.3) is 0 Å². The first-order valence-electron chi connectivity index (χ1n) is 10.2. The molecule has 4 rings (SSSR count). The van der Waals surface area contributed by atoms with E-state index >= 15 is 0 Å². The van der Waals surface area contributed by atoms with Crippen molar-refractivity contribution < 1.29 is 27.8 Å². The quantitative estimate of drug-likeness (QED) is 0.421. The van der Waals surface area contributed by atoms with Crippen LogP contribution in [-0.4, -0.2) is 31.6 Å². The van der Waals surface area contributed by atoms with E-state index < -0.39 is 5.82 Å². The first-order chi connectivity index (χ1) is 15.1. The van der Waals surface area contributed by atoms with Crippen LogP contribution in [0.4, 0.5) is 4.39 Å². The zero-order valence-electron chi connectivity index (χ0n) is 17.5. The smallest absolute Gasteiger partial charge is 0.226 e. The van der Waals surface area contributed by atoms with Gasteiger partial charge in [0.15, 0.2) is 17.3 Å². The van der Waals surface area contributed by atoms with Crippen molar-refractivity contribution in [1.29, 1.82) is 0 Å². The normalized spacial score (nSPS) is 13.1. The number of aromatic nitrogens is 1. The van der Waals surface area contributed by atoms with Gasteiger partial charge in [-0.15, -0.1) is 0 Å². The topological polar surface area (TPSA) is 70.8 Å². The lowest BCUT2D eigenvalue weighted by Gasteiger charge is -2.11. The van der Waals surface area contributed by atoms with Crippen LogP contribution in [0.2, 0.25) is 0 Å². The molecule has 0 saturated heterocycles. The Balaban J connectivity index is 1.43. The monoisotopic (exact) mass is 425 g/mol. The Labute approximate surface area is 180 Å². The van der Waals surface area contributed by atoms with Gasteiger partial charge in [-0.2, -0.15) is 0 Å². The lowest BCUT2D eigenvalue weighted by Crippen LogP contribution is -2.04. The Morgan fingerprint density at radius 1 is 1.10 bits per heavy atom. The highest BCUT2D eigenvalue weighted by atomic mass is 19.1. The SMILES string of the molecule is COc1ccc(-c2nc(CCC(=O)c3ccc(F)cc3OC)co2)cc1OCC1CC1. The van der Waals surface area contributed by atoms with Crippen LogP contribution in [0.5, 0.6) is 17.2 Å². The number of carbonyl (C=O) groups excluding carboxylic acids is 1. The number of aryl methyl sites for hydroxylation is 1. The highest BCUT2D eigenvalue weighted by Gasteiger charge is 2.23. The second kappa shape index (κ2) is 9.20. The van der Waals surface area contributed by atoms with Gasteiger partial charge in [-0.1, -0.05) is 0 Å². The molecule has 0 atom stereocenters. The third-order valence-electron chi connectivity index (χ3n) is 5.21. The van der Waals surface area contributed by atoms with Gasteiger partial charge in [-0.05, 0) is 49.1 Å². The Kier molecular flexibility index (Phi) is 6.21. The maximum atomic E-state index is 13.3. The van der Waals surface area contributed by atoms with E-state index in [0.717, 1.165) is 5.56 Å². The number of ether oxygens (including phenoxy) is 3. The van der Waals surface area contributed by atoms with E-state index in [4.69, 9.17) is 18.6 Å². The molecule has 1 heterocycles. The van der Waals surface area contributed by atoms with E-state index in [9.17, 15) is 9.18 Å². The minimum atomic E-state index is -0.450. The molecular weight excluding hydrogens is 401 g/mol. The number of ketones is 1. The molecule has 1 fully saturated rings. The Morgan fingerprint density at radius 3 is 2.65 bits per heavy atom. The fourth-order valence-corrected chi connectivity index (χ4v) is 3.24. The fraction of sp³-hybridized carbons (Fsp3) is 0.333. The summed E-state index contributed by atoms with van der Waals surface area (Å²) in [5.41, 5.74) is 1.77. The predicted molar refractivity (Wildman–Crippen MR) is 112 cm³/mol. The number of oxazole rings is 1. The Morgan fingerprint density at radius 2 is 1.90 bits per heavy atom. The molecule has 0 radical (unpaired) electrons. The molecule has 3 aromatic rings. The van der Waals surface area contributed by atoms with Crippen molar-refractivity contribution in [3.63, 3.8) is 0 Å². The summed E-state index contributed by atoms with van der Waals surface area (Å²) in [6, 6.07) is 9.42. The third-order valence-corrected chi connectivity index (χ3v) is 5.21. The zero-order chi connectivity index (χ0) is 21.8. The van der Waals surface area contributed by atoms with E-state index in [-0.39, 0.29) is 18.0 Å². The highest BCUT2D eigenvalue weighted by Crippen LogP contribution is 2.35. The van der Waals surface area contributed by atoms with Crippen LogP contribution in [0.15, 0.2) is 47.1 Å². The lowest BCUT2D eigenvalue weighted by molar-refractivity contribution is 0.0979. The molecule has 162 valence electrons. The average Bonchev–Trinajstić information content (AvgIpc) is 3.50. The Hall–Kier alpha value is -3.35. The van der Waals surface area contributed by atoms with E-state index in [1.807, 2.05) is 18.2 Å². The maximum Gasteiger partial charge on any atom is 0.226 e. The van der Waals surface area contributed by atoms with Crippen LogP contribution in [-0.2, 0) is 6.42 Å². The van der Waals surface area contributed by atoms with Crippen LogP contribution in [0.1, 0.15) is 35.3 Å². The molecule has 6 nitrogen and oxygen atoms in total. The summed E-state index contributed by atoms with van der Waals surface area (Å²) in [5.74, 6) is 2.01. The number of carbonyl (C=O) groups is 1. The number of rotatable bonds is 10. The summed E-state index contributed by atoms with van der Waals surface area (Å²) >= 11 is 0. The second-order valence-corrected chi connectivity index (χ2v) is 7.53. The van der Waals surface area contributed by atoms with Crippen LogP contribution >= 0.6 is 0 Å². The summed E-state index contributed by atoms with van der Waals surface area (Å²) in [7, 11) is 3.02. The standard InChI is InChI=1S/C24H24FNO5/c1-28-21-10-5-16(11-23(21)30-13-15-3-4-15)24-26-18(14-31-24)7-9-20(27)19-8-6-17(25)12-22(19)29-2/h5-6,8,10-12,14-15H,3-4,7,9,13H2,1-2H3. The molecule has 1 saturated carbocycles. The van der Waals surface area contributed by atoms with Crippen molar-refractivity contribution in [1.82, 2.24) is 4.98 Å². The van der Waals surface area contributed by atoms with Gasteiger partial charge < -0.3 is 18.6 Å². The molecular formula is C24H24FNO5. The van der Waals surface area contributed by atoms with Crippen LogP contribution < -0.4 is 14.2 Å². The molecule has 2 aromatic carbocycles. The number of hydrogen-bond acceptors (Lipinski definition) is 6. The molecule has 1 aliphatic carbocycles. The molecule has 0 spiro atoms. The number of hydrogen-bond donors (Lipinski definition) is 0. The largest absolute Gasteiger partial charge is 0.496 e. The molecule has 0 unspecified atom stereocenters. The van der Waals surface area contributed by atoms with Gasteiger partial charge in [0, 0.05) is 24.5 Å². The summed E-state index contributed by atoms with van der Waals surface area (Å²) < 4.78 is 35.4. The van der Waals surface area contributed by atoms with Crippen LogP contribution in [0, 0.1) is 11.7 Å². The number of methoxy groups -OCH3 is 2. The number of Topliss-reactive ketones (excluding diaryl/α,β-unsaturated/α-hetero) is 1. The average molecular weight is 425 g/mol. The van der Waals surface area contributed by atoms with Gasteiger partial charge in [-0.25, -0.2) is 9.37 Å². The minimum absolute atomic E-state index is 0.151. The van der Waals surface area contributed by atoms with E-state index in [1.54, 1.807) is 13.4 Å². The molecule has 31 heavy (non-hydrogen) atoms. The predicted octanol–water partition coefficient (Wildman–Crippen LogP) is 5.10. The summed E-state index contributed by atoms with van der Waals surface area (Å²) in [6.45, 7) is 0.672. The van der Waals surface area contributed by atoms with Crippen LogP contribution in [0.25, 0.3) is 11.5 Å². The summed E-state index contributed by atoms with van der Waals surface area (Å²) in [5, 5.41) is 0. The van der Waals surface area contributed by atoms with E-state index in [1.165, 1.54) is 38.2 Å². The summed E-state index contributed by atoms with van der Waals surface area (Å²) in [6.07, 6.45) is 4.54. The van der Waals surface area contributed by atoms with Gasteiger partial charge in [0.1, 0.15) is 17.8 Å². The molecule has 7 heteroatoms. The molecule has 0 bridgehead atoms. The van der Waals surface area contributed by atoms with Crippen molar-refractivity contribution in [2.45, 2.75) is 25.7 Å². The van der Waals surface area contributed by atoms with Crippen molar-refractivity contribution >= 4 is 5.78 Å². The first-order valence-corrected chi connectivity index (χ1v) is 10.2. The molecule has 1 aromatic heterocycles. The number of nitrogens with zero attached hydrogens (tertiary/aromatic N) is 1. The molecule has 0 aliphatic heterocycles. The van der Waals surface area contributed by atoms with E-state index in [0.29, 0.717) is 47.6 Å². The van der Waals surface area contributed by atoms with Crippen molar-refractivity contribution in [3.05, 3.63) is 59.7 Å². The second-order valence-electron chi connectivity index (χ2n) is 7.53. The Bertz CT molecular complexity index is 1070. The van der Waals surface area contributed by atoms with Gasteiger partial charge in [0.2, 0.25) is 5.89 Å². The zero-order valence-corrected chi connectivity index (χ0v) is 17.5. The first kappa shape index (κ1) is 20.9. The molecule has 1 aliphatic rings. The lowest BCUT2D eigenvalue weighted by atomic mass is 10.0. The van der Waals surface area contributed by atoms with Crippen LogP contribution in [0.3, 0.4) is 0 Å². The highest BCUT2D eigenvalue weighted by molar-refractivity contribution is 5.98. The third kappa shape index (κ3) is 5.05. The number of benzene rings is 2. The van der Waals surface area contributed by atoms with Gasteiger partial charge in [0.05, 0.1) is 32.1 Å².